The number of amides is 1. The average Bonchev–Trinajstić information content (AvgIpc) is 3.16. The fourth-order valence-corrected chi connectivity index (χ4v) is 3.41. The maximum Gasteiger partial charge on any atom is 0.226 e. The third-order valence-electron chi connectivity index (χ3n) is 3.52. The number of carbonyl (C=O) groups is 1. The normalized spacial score (nSPS) is 17.6. The average molecular weight is 337 g/mol. The Hall–Kier alpha value is -1.43. The lowest BCUT2D eigenvalue weighted by Gasteiger charge is -2.09. The third kappa shape index (κ3) is 4.06. The van der Waals surface area contributed by atoms with Crippen molar-refractivity contribution < 1.29 is 9.53 Å². The number of carbonyl (C=O) groups excluding carboxylic acids is 1. The van der Waals surface area contributed by atoms with Gasteiger partial charge in [-0.1, -0.05) is 23.7 Å². The van der Waals surface area contributed by atoms with Crippen molar-refractivity contribution in [2.45, 2.75) is 25.4 Å². The van der Waals surface area contributed by atoms with E-state index in [1.165, 1.54) is 11.3 Å². The van der Waals surface area contributed by atoms with Gasteiger partial charge in [0.15, 0.2) is 0 Å². The van der Waals surface area contributed by atoms with Crippen LogP contribution in [0.15, 0.2) is 29.6 Å². The Morgan fingerprint density at radius 3 is 3.18 bits per heavy atom. The number of halogens is 1. The van der Waals surface area contributed by atoms with Gasteiger partial charge in [0.05, 0.1) is 18.2 Å². The number of hydrogen-bond donors (Lipinski definition) is 1. The van der Waals surface area contributed by atoms with Crippen molar-refractivity contribution in [1.29, 1.82) is 0 Å². The molecule has 22 heavy (non-hydrogen) atoms. The van der Waals surface area contributed by atoms with Crippen LogP contribution in [-0.2, 0) is 16.0 Å². The topological polar surface area (TPSA) is 51.2 Å². The van der Waals surface area contributed by atoms with Crippen LogP contribution in [0.25, 0.3) is 10.6 Å². The monoisotopic (exact) mass is 336 g/mol. The van der Waals surface area contributed by atoms with Crippen LogP contribution in [0.5, 0.6) is 0 Å². The Bertz CT molecular complexity index is 653. The molecule has 116 valence electrons. The molecule has 3 rings (SSSR count). The molecule has 1 aliphatic heterocycles. The van der Waals surface area contributed by atoms with Crippen molar-refractivity contribution >= 4 is 28.8 Å². The van der Waals surface area contributed by atoms with Gasteiger partial charge in [-0.2, -0.15) is 0 Å². The number of rotatable bonds is 5. The van der Waals surface area contributed by atoms with Gasteiger partial charge < -0.3 is 10.1 Å². The largest absolute Gasteiger partial charge is 0.376 e. The summed E-state index contributed by atoms with van der Waals surface area (Å²) in [6.07, 6.45) is 2.57. The highest BCUT2D eigenvalue weighted by Gasteiger charge is 2.16. The smallest absolute Gasteiger partial charge is 0.226 e. The van der Waals surface area contributed by atoms with Crippen molar-refractivity contribution in [3.05, 3.63) is 40.4 Å². The summed E-state index contributed by atoms with van der Waals surface area (Å²) >= 11 is 7.51. The summed E-state index contributed by atoms with van der Waals surface area (Å²) in [7, 11) is 0. The number of benzene rings is 1. The Kier molecular flexibility index (Phi) is 5.08. The van der Waals surface area contributed by atoms with Gasteiger partial charge in [-0.05, 0) is 25.0 Å². The number of nitrogens with zero attached hydrogens (tertiary/aromatic N) is 1. The highest BCUT2D eigenvalue weighted by atomic mass is 35.5. The van der Waals surface area contributed by atoms with Crippen molar-refractivity contribution in [2.24, 2.45) is 0 Å². The SMILES string of the molecule is O=C(Cc1csc(-c2cccc(Cl)c2)n1)NC[C@H]1CCCO1. The second kappa shape index (κ2) is 7.22. The van der Waals surface area contributed by atoms with Crippen LogP contribution in [0.2, 0.25) is 5.02 Å². The lowest BCUT2D eigenvalue weighted by molar-refractivity contribution is -0.121. The third-order valence-corrected chi connectivity index (χ3v) is 4.69. The van der Waals surface area contributed by atoms with Gasteiger partial charge in [-0.25, -0.2) is 4.98 Å². The van der Waals surface area contributed by atoms with Crippen LogP contribution < -0.4 is 5.32 Å². The number of hydrogen-bond acceptors (Lipinski definition) is 4. The van der Waals surface area contributed by atoms with Gasteiger partial charge >= 0.3 is 0 Å². The standard InChI is InChI=1S/C16H17ClN2O2S/c17-12-4-1-3-11(7-12)16-19-13(10-22-16)8-15(20)18-9-14-5-2-6-21-14/h1,3-4,7,10,14H,2,5-6,8-9H2,(H,18,20)/t14-/m1/s1. The van der Waals surface area contributed by atoms with Gasteiger partial charge in [-0.15, -0.1) is 11.3 Å². The summed E-state index contributed by atoms with van der Waals surface area (Å²) in [5, 5.41) is 6.39. The second-order valence-electron chi connectivity index (χ2n) is 5.27. The summed E-state index contributed by atoms with van der Waals surface area (Å²) in [5.41, 5.74) is 1.76. The zero-order valence-electron chi connectivity index (χ0n) is 12.0. The minimum Gasteiger partial charge on any atom is -0.376 e. The van der Waals surface area contributed by atoms with Gasteiger partial charge in [0, 0.05) is 29.1 Å². The number of thiazole rings is 1. The highest BCUT2D eigenvalue weighted by Crippen LogP contribution is 2.26. The van der Waals surface area contributed by atoms with E-state index < -0.39 is 0 Å². The number of aromatic nitrogens is 1. The first-order valence-corrected chi connectivity index (χ1v) is 8.55. The van der Waals surface area contributed by atoms with Crippen molar-refractivity contribution in [1.82, 2.24) is 10.3 Å². The van der Waals surface area contributed by atoms with Gasteiger partial charge in [0.1, 0.15) is 5.01 Å². The lowest BCUT2D eigenvalue weighted by Crippen LogP contribution is -2.32. The van der Waals surface area contributed by atoms with Gasteiger partial charge in [0.2, 0.25) is 5.91 Å². The summed E-state index contributed by atoms with van der Waals surface area (Å²) in [6, 6.07) is 7.57. The van der Waals surface area contributed by atoms with E-state index in [0.29, 0.717) is 18.0 Å². The highest BCUT2D eigenvalue weighted by molar-refractivity contribution is 7.13. The lowest BCUT2D eigenvalue weighted by atomic mass is 10.2. The first-order chi connectivity index (χ1) is 10.7. The molecular formula is C16H17ClN2O2S. The van der Waals surface area contributed by atoms with Crippen LogP contribution in [0, 0.1) is 0 Å². The predicted octanol–water partition coefficient (Wildman–Crippen LogP) is 3.30. The Morgan fingerprint density at radius 2 is 2.41 bits per heavy atom. The van der Waals surface area contributed by atoms with E-state index in [1.54, 1.807) is 0 Å². The summed E-state index contributed by atoms with van der Waals surface area (Å²) in [6.45, 7) is 1.39. The molecule has 0 saturated carbocycles. The fraction of sp³-hybridized carbons (Fsp3) is 0.375. The molecule has 1 fully saturated rings. The fourth-order valence-electron chi connectivity index (χ4n) is 2.40. The molecule has 0 unspecified atom stereocenters. The molecule has 1 aliphatic rings. The molecule has 0 aliphatic carbocycles. The molecule has 1 aromatic carbocycles. The molecule has 1 saturated heterocycles. The van der Waals surface area contributed by atoms with Crippen LogP contribution in [0.3, 0.4) is 0 Å². The molecule has 1 atom stereocenters. The summed E-state index contributed by atoms with van der Waals surface area (Å²) in [4.78, 5) is 16.5. The molecule has 4 nitrogen and oxygen atoms in total. The Balaban J connectivity index is 1.55. The first kappa shape index (κ1) is 15.5. The van der Waals surface area contributed by atoms with Crippen LogP contribution >= 0.6 is 22.9 Å². The Labute approximate surface area is 138 Å². The van der Waals surface area contributed by atoms with Crippen molar-refractivity contribution in [2.75, 3.05) is 13.2 Å². The molecule has 6 heteroatoms. The molecule has 1 N–H and O–H groups in total. The molecule has 2 aromatic rings. The first-order valence-electron chi connectivity index (χ1n) is 7.29. The number of nitrogens with one attached hydrogen (secondary N) is 1. The zero-order chi connectivity index (χ0) is 15.4. The minimum atomic E-state index is -0.0153. The van der Waals surface area contributed by atoms with Gasteiger partial charge in [-0.3, -0.25) is 4.79 Å². The minimum absolute atomic E-state index is 0.0153. The molecule has 0 bridgehead atoms. The molecule has 1 aromatic heterocycles. The van der Waals surface area contributed by atoms with E-state index in [4.69, 9.17) is 16.3 Å². The number of ether oxygens (including phenoxy) is 1. The molecular weight excluding hydrogens is 320 g/mol. The van der Waals surface area contributed by atoms with E-state index >= 15 is 0 Å². The maximum atomic E-state index is 11.9. The molecule has 1 amide bonds. The van der Waals surface area contributed by atoms with Gasteiger partial charge in [0.25, 0.3) is 0 Å². The predicted molar refractivity (Wildman–Crippen MR) is 88.2 cm³/mol. The summed E-state index contributed by atoms with van der Waals surface area (Å²) in [5.74, 6) is -0.0153. The van der Waals surface area contributed by atoms with E-state index in [9.17, 15) is 4.79 Å². The van der Waals surface area contributed by atoms with E-state index in [1.807, 2.05) is 29.6 Å². The van der Waals surface area contributed by atoms with Crippen molar-refractivity contribution in [3.8, 4) is 10.6 Å². The summed E-state index contributed by atoms with van der Waals surface area (Å²) < 4.78 is 5.49. The molecule has 0 spiro atoms. The zero-order valence-corrected chi connectivity index (χ0v) is 13.6. The van der Waals surface area contributed by atoms with Crippen molar-refractivity contribution in [3.63, 3.8) is 0 Å². The van der Waals surface area contributed by atoms with E-state index in [2.05, 4.69) is 10.3 Å². The van der Waals surface area contributed by atoms with Crippen LogP contribution in [0.1, 0.15) is 18.5 Å². The van der Waals surface area contributed by atoms with E-state index in [-0.39, 0.29) is 12.0 Å². The van der Waals surface area contributed by atoms with Crippen LogP contribution in [-0.4, -0.2) is 30.1 Å². The second-order valence-corrected chi connectivity index (χ2v) is 6.56. The maximum absolute atomic E-state index is 11.9. The van der Waals surface area contributed by atoms with E-state index in [0.717, 1.165) is 35.7 Å². The Morgan fingerprint density at radius 1 is 1.50 bits per heavy atom. The van der Waals surface area contributed by atoms with Crippen LogP contribution in [0.4, 0.5) is 0 Å². The molecule has 2 heterocycles. The molecule has 0 radical (unpaired) electrons. The quantitative estimate of drug-likeness (QED) is 0.911.